The zero-order chi connectivity index (χ0) is 18.3. The number of nitrogens with one attached hydrogen (secondary N) is 1. The number of fused-ring (bicyclic) bond motifs is 1. The van der Waals surface area contributed by atoms with Gasteiger partial charge in [0.2, 0.25) is 0 Å². The second kappa shape index (κ2) is 6.53. The molecule has 0 atom stereocenters. The first-order chi connectivity index (χ1) is 12.6. The van der Waals surface area contributed by atoms with E-state index < -0.39 is 17.6 Å². The molecule has 0 spiro atoms. The van der Waals surface area contributed by atoms with Crippen LogP contribution in [0.5, 0.6) is 0 Å². The average Bonchev–Trinajstić information content (AvgIpc) is 2.89. The van der Waals surface area contributed by atoms with Gasteiger partial charge in [-0.05, 0) is 49.9 Å². The molecule has 1 aliphatic carbocycles. The fourth-order valence-electron chi connectivity index (χ4n) is 3.69. The molecule has 26 heavy (non-hydrogen) atoms. The summed E-state index contributed by atoms with van der Waals surface area (Å²) in [6.07, 6.45) is 2.56. The van der Waals surface area contributed by atoms with E-state index in [4.69, 9.17) is 0 Å². The fraction of sp³-hybridized carbons (Fsp3) is 0.300. The van der Waals surface area contributed by atoms with Crippen molar-refractivity contribution in [2.24, 2.45) is 0 Å². The normalized spacial score (nSPS) is 22.5. The van der Waals surface area contributed by atoms with E-state index in [1.165, 1.54) is 6.07 Å². The van der Waals surface area contributed by atoms with Crippen molar-refractivity contribution in [3.05, 3.63) is 59.4 Å². The minimum Gasteiger partial charge on any atom is -0.393 e. The van der Waals surface area contributed by atoms with Gasteiger partial charge in [-0.25, -0.2) is 9.29 Å². The molecule has 2 aliphatic rings. The third kappa shape index (κ3) is 2.76. The molecule has 1 saturated carbocycles. The third-order valence-corrected chi connectivity index (χ3v) is 5.06. The van der Waals surface area contributed by atoms with E-state index in [1.807, 2.05) is 0 Å². The smallest absolute Gasteiger partial charge is 0.266 e. The van der Waals surface area contributed by atoms with Crippen molar-refractivity contribution >= 4 is 23.2 Å². The predicted molar refractivity (Wildman–Crippen MR) is 95.9 cm³/mol. The zero-order valence-electron chi connectivity index (χ0n) is 14.1. The topological polar surface area (TPSA) is 69.6 Å². The van der Waals surface area contributed by atoms with E-state index in [0.717, 1.165) is 17.7 Å². The van der Waals surface area contributed by atoms with Gasteiger partial charge in [0.25, 0.3) is 11.8 Å². The number of hydrogen-bond acceptors (Lipinski definition) is 4. The van der Waals surface area contributed by atoms with Crippen molar-refractivity contribution in [2.75, 3.05) is 10.2 Å². The number of carbonyl (C=O) groups excluding carboxylic acids is 2. The Balaban J connectivity index is 1.69. The molecule has 0 unspecified atom stereocenters. The van der Waals surface area contributed by atoms with Gasteiger partial charge in [-0.2, -0.15) is 0 Å². The molecule has 134 valence electrons. The summed E-state index contributed by atoms with van der Waals surface area (Å²) in [5.41, 5.74) is 0.950. The number of rotatable bonds is 3. The number of benzene rings is 2. The molecule has 2 aromatic carbocycles. The Hall–Kier alpha value is -2.73. The molecule has 1 aliphatic heterocycles. The van der Waals surface area contributed by atoms with Gasteiger partial charge >= 0.3 is 0 Å². The SMILES string of the molecule is O=C1c2ccccc2C(=O)N1c1c(F)cccc1NC1CCC(O)CC1. The monoisotopic (exact) mass is 354 g/mol. The van der Waals surface area contributed by atoms with Crippen LogP contribution < -0.4 is 10.2 Å². The van der Waals surface area contributed by atoms with Crippen LogP contribution in [0.2, 0.25) is 0 Å². The van der Waals surface area contributed by atoms with E-state index in [2.05, 4.69) is 5.32 Å². The van der Waals surface area contributed by atoms with Crippen LogP contribution in [0.15, 0.2) is 42.5 Å². The number of nitrogens with zero attached hydrogens (tertiary/aromatic N) is 1. The highest BCUT2D eigenvalue weighted by Crippen LogP contribution is 2.36. The molecule has 1 heterocycles. The van der Waals surface area contributed by atoms with Gasteiger partial charge in [0.1, 0.15) is 11.5 Å². The number of amides is 2. The van der Waals surface area contributed by atoms with Crippen LogP contribution in [0.25, 0.3) is 0 Å². The van der Waals surface area contributed by atoms with E-state index in [-0.39, 0.29) is 29.0 Å². The number of hydrogen-bond donors (Lipinski definition) is 2. The number of anilines is 2. The van der Waals surface area contributed by atoms with Crippen molar-refractivity contribution in [1.29, 1.82) is 0 Å². The van der Waals surface area contributed by atoms with Crippen molar-refractivity contribution < 1.29 is 19.1 Å². The van der Waals surface area contributed by atoms with Gasteiger partial charge < -0.3 is 10.4 Å². The molecule has 0 saturated heterocycles. The van der Waals surface area contributed by atoms with E-state index in [9.17, 15) is 19.1 Å². The molecule has 5 nitrogen and oxygen atoms in total. The zero-order valence-corrected chi connectivity index (χ0v) is 14.1. The summed E-state index contributed by atoms with van der Waals surface area (Å²) < 4.78 is 14.7. The lowest BCUT2D eigenvalue weighted by Gasteiger charge is -2.29. The highest BCUT2D eigenvalue weighted by molar-refractivity contribution is 6.35. The Bertz CT molecular complexity index is 840. The quantitative estimate of drug-likeness (QED) is 0.830. The summed E-state index contributed by atoms with van der Waals surface area (Å²) in [6.45, 7) is 0. The minimum atomic E-state index is -0.625. The van der Waals surface area contributed by atoms with Crippen LogP contribution in [0, 0.1) is 5.82 Å². The maximum atomic E-state index is 14.7. The molecule has 0 bridgehead atoms. The van der Waals surface area contributed by atoms with Crippen molar-refractivity contribution in [3.8, 4) is 0 Å². The highest BCUT2D eigenvalue weighted by Gasteiger charge is 2.39. The maximum Gasteiger partial charge on any atom is 0.266 e. The molecule has 2 N–H and O–H groups in total. The van der Waals surface area contributed by atoms with Crippen LogP contribution in [-0.2, 0) is 0 Å². The number of aliphatic hydroxyl groups is 1. The Kier molecular flexibility index (Phi) is 4.20. The van der Waals surface area contributed by atoms with Crippen LogP contribution in [0.1, 0.15) is 46.4 Å². The molecule has 0 aromatic heterocycles. The van der Waals surface area contributed by atoms with Crippen molar-refractivity contribution in [3.63, 3.8) is 0 Å². The summed E-state index contributed by atoms with van der Waals surface area (Å²) in [4.78, 5) is 26.4. The van der Waals surface area contributed by atoms with E-state index >= 15 is 0 Å². The molecule has 2 aromatic rings. The van der Waals surface area contributed by atoms with Crippen LogP contribution in [0.3, 0.4) is 0 Å². The van der Waals surface area contributed by atoms with Crippen LogP contribution >= 0.6 is 0 Å². The summed E-state index contributed by atoms with van der Waals surface area (Å²) in [5.74, 6) is -1.66. The number of para-hydroxylation sites is 1. The summed E-state index contributed by atoms with van der Waals surface area (Å²) in [7, 11) is 0. The molecule has 4 rings (SSSR count). The van der Waals surface area contributed by atoms with Gasteiger partial charge in [0.15, 0.2) is 0 Å². The highest BCUT2D eigenvalue weighted by atomic mass is 19.1. The largest absolute Gasteiger partial charge is 0.393 e. The lowest BCUT2D eigenvalue weighted by molar-refractivity contribution is 0.0925. The molecule has 0 radical (unpaired) electrons. The number of halogens is 1. The Morgan fingerprint density at radius 1 is 0.923 bits per heavy atom. The summed E-state index contributed by atoms with van der Waals surface area (Å²) in [5, 5.41) is 12.9. The lowest BCUT2D eigenvalue weighted by Crippen LogP contribution is -2.33. The first-order valence-electron chi connectivity index (χ1n) is 8.77. The Morgan fingerprint density at radius 3 is 2.15 bits per heavy atom. The lowest BCUT2D eigenvalue weighted by atomic mass is 9.93. The van der Waals surface area contributed by atoms with Crippen molar-refractivity contribution in [1.82, 2.24) is 0 Å². The first-order valence-corrected chi connectivity index (χ1v) is 8.77. The summed E-state index contributed by atoms with van der Waals surface area (Å²) >= 11 is 0. The van der Waals surface area contributed by atoms with Crippen LogP contribution in [-0.4, -0.2) is 29.1 Å². The second-order valence-electron chi connectivity index (χ2n) is 6.78. The third-order valence-electron chi connectivity index (χ3n) is 5.06. The minimum absolute atomic E-state index is 0.0372. The Labute approximate surface area is 150 Å². The number of carbonyl (C=O) groups is 2. The van der Waals surface area contributed by atoms with Gasteiger partial charge in [0, 0.05) is 6.04 Å². The molecular formula is C20H19FN2O3. The molecular weight excluding hydrogens is 335 g/mol. The van der Waals surface area contributed by atoms with E-state index in [0.29, 0.717) is 18.5 Å². The molecule has 2 amide bonds. The standard InChI is InChI=1S/C20H19FN2O3/c21-16-6-3-7-17(22-12-8-10-13(24)11-9-12)18(16)23-19(25)14-4-1-2-5-15(14)20(23)26/h1-7,12-13,22,24H,8-11H2. The second-order valence-corrected chi connectivity index (χ2v) is 6.78. The van der Waals surface area contributed by atoms with Gasteiger partial charge in [-0.15, -0.1) is 0 Å². The van der Waals surface area contributed by atoms with Gasteiger partial charge in [-0.3, -0.25) is 9.59 Å². The van der Waals surface area contributed by atoms with Crippen LogP contribution in [0.4, 0.5) is 15.8 Å². The Morgan fingerprint density at radius 2 is 1.54 bits per heavy atom. The predicted octanol–water partition coefficient (Wildman–Crippen LogP) is 3.34. The summed E-state index contributed by atoms with van der Waals surface area (Å²) in [6, 6.07) is 11.0. The molecule has 6 heteroatoms. The maximum absolute atomic E-state index is 14.7. The molecule has 1 fully saturated rings. The van der Waals surface area contributed by atoms with Gasteiger partial charge in [0.05, 0.1) is 22.9 Å². The van der Waals surface area contributed by atoms with E-state index in [1.54, 1.807) is 36.4 Å². The number of aliphatic hydroxyl groups excluding tert-OH is 1. The van der Waals surface area contributed by atoms with Crippen molar-refractivity contribution in [2.45, 2.75) is 37.8 Å². The fourth-order valence-corrected chi connectivity index (χ4v) is 3.69. The average molecular weight is 354 g/mol. The number of imide groups is 1. The van der Waals surface area contributed by atoms with Gasteiger partial charge in [-0.1, -0.05) is 18.2 Å². The first kappa shape index (κ1) is 16.7.